The first kappa shape index (κ1) is 26.0. The number of Topliss-reactive ketones (excluding diaryl/α,β-unsaturated/α-hetero) is 1. The summed E-state index contributed by atoms with van der Waals surface area (Å²) in [4.78, 5) is 33.6. The first-order chi connectivity index (χ1) is 16.2. The van der Waals surface area contributed by atoms with E-state index in [-0.39, 0.29) is 40.9 Å². The second kappa shape index (κ2) is 12.1. The van der Waals surface area contributed by atoms with Crippen LogP contribution < -0.4 is 14.8 Å². The van der Waals surface area contributed by atoms with E-state index >= 15 is 0 Å². The monoisotopic (exact) mass is 470 g/mol. The number of methoxy groups -OCH3 is 2. The van der Waals surface area contributed by atoms with Gasteiger partial charge in [0.1, 0.15) is 17.2 Å². The lowest BCUT2D eigenvalue weighted by Crippen LogP contribution is -2.22. The summed E-state index contributed by atoms with van der Waals surface area (Å²) in [5, 5.41) is 32.2. The number of ketones is 1. The van der Waals surface area contributed by atoms with Gasteiger partial charge in [0.25, 0.3) is 5.69 Å². The number of nitro groups is 1. The van der Waals surface area contributed by atoms with Crippen molar-refractivity contribution >= 4 is 23.1 Å². The minimum Gasteiger partial charge on any atom is -0.509 e. The number of allylic oxidation sites excluding steroid dienone is 2. The predicted molar refractivity (Wildman–Crippen MR) is 124 cm³/mol. The van der Waals surface area contributed by atoms with E-state index in [0.717, 1.165) is 5.56 Å². The Bertz CT molecular complexity index is 1140. The number of azo groups is 1. The zero-order chi connectivity index (χ0) is 25.3. The molecular formula is C23H26N4O7. The van der Waals surface area contributed by atoms with Gasteiger partial charge in [-0.05, 0) is 24.1 Å². The van der Waals surface area contributed by atoms with E-state index in [1.165, 1.54) is 46.3 Å². The molecule has 0 aliphatic heterocycles. The second-order valence-electron chi connectivity index (χ2n) is 7.22. The predicted octanol–water partition coefficient (Wildman–Crippen LogP) is 3.98. The average molecular weight is 470 g/mol. The third-order valence-corrected chi connectivity index (χ3v) is 4.73. The lowest BCUT2D eigenvalue weighted by molar-refractivity contribution is -0.384. The Labute approximate surface area is 196 Å². The molecule has 11 heteroatoms. The number of benzene rings is 2. The van der Waals surface area contributed by atoms with Gasteiger partial charge in [-0.1, -0.05) is 12.1 Å². The number of nitro benzene ring substituents is 1. The van der Waals surface area contributed by atoms with Crippen molar-refractivity contribution in [3.8, 4) is 11.5 Å². The maximum Gasteiger partial charge on any atom is 0.273 e. The molecule has 1 amide bonds. The van der Waals surface area contributed by atoms with E-state index in [0.29, 0.717) is 24.3 Å². The number of rotatable bonds is 11. The molecule has 2 rings (SSSR count). The number of ether oxygens (including phenoxy) is 2. The van der Waals surface area contributed by atoms with Crippen LogP contribution in [0, 0.1) is 10.1 Å². The van der Waals surface area contributed by atoms with Crippen molar-refractivity contribution in [3.63, 3.8) is 0 Å². The van der Waals surface area contributed by atoms with E-state index in [9.17, 15) is 24.8 Å². The summed E-state index contributed by atoms with van der Waals surface area (Å²) in [6.45, 7) is 3.12. The first-order valence-electron chi connectivity index (χ1n) is 10.2. The van der Waals surface area contributed by atoms with Crippen LogP contribution in [0.3, 0.4) is 0 Å². The van der Waals surface area contributed by atoms with Crippen LogP contribution in [-0.4, -0.2) is 42.5 Å². The topological polar surface area (TPSA) is 153 Å². The van der Waals surface area contributed by atoms with E-state index in [2.05, 4.69) is 15.5 Å². The number of non-ortho nitro benzene ring substituents is 1. The highest BCUT2D eigenvalue weighted by atomic mass is 16.6. The van der Waals surface area contributed by atoms with Gasteiger partial charge in [0.15, 0.2) is 17.2 Å². The Hall–Kier alpha value is -4.28. The Morgan fingerprint density at radius 1 is 1.09 bits per heavy atom. The smallest absolute Gasteiger partial charge is 0.273 e. The molecule has 0 saturated carbocycles. The molecule has 0 aromatic heterocycles. The SMILES string of the molecule is COc1ccc(CCNC(C)=O)cc1C/C(O)=C(\N=Nc1ccc([N+](=O)[O-])cc1OC)C(C)=O. The molecule has 0 unspecified atom stereocenters. The van der Waals surface area contributed by atoms with Gasteiger partial charge < -0.3 is 19.9 Å². The van der Waals surface area contributed by atoms with Crippen LogP contribution in [0.25, 0.3) is 0 Å². The summed E-state index contributed by atoms with van der Waals surface area (Å²) < 4.78 is 10.5. The quantitative estimate of drug-likeness (QED) is 0.166. The summed E-state index contributed by atoms with van der Waals surface area (Å²) >= 11 is 0. The number of carbonyl (C=O) groups excluding carboxylic acids is 2. The third kappa shape index (κ3) is 7.12. The maximum atomic E-state index is 12.2. The fourth-order valence-electron chi connectivity index (χ4n) is 3.07. The Kier molecular flexibility index (Phi) is 9.24. The van der Waals surface area contributed by atoms with Crippen LogP contribution >= 0.6 is 0 Å². The number of hydrogen-bond donors (Lipinski definition) is 2. The molecule has 2 N–H and O–H groups in total. The number of nitrogens with zero attached hydrogens (tertiary/aromatic N) is 3. The Morgan fingerprint density at radius 3 is 2.38 bits per heavy atom. The van der Waals surface area contributed by atoms with Crippen LogP contribution in [0.1, 0.15) is 25.0 Å². The van der Waals surface area contributed by atoms with Gasteiger partial charge in [0.05, 0.1) is 25.2 Å². The molecule has 0 radical (unpaired) electrons. The minimum absolute atomic E-state index is 0.0531. The van der Waals surface area contributed by atoms with Gasteiger partial charge in [0, 0.05) is 38.4 Å². The number of nitrogens with one attached hydrogen (secondary N) is 1. The minimum atomic E-state index is -0.576. The summed E-state index contributed by atoms with van der Waals surface area (Å²) in [5.41, 5.74) is 1.20. The highest BCUT2D eigenvalue weighted by Gasteiger charge is 2.16. The van der Waals surface area contributed by atoms with Crippen molar-refractivity contribution in [3.05, 3.63) is 69.1 Å². The van der Waals surface area contributed by atoms with E-state index in [4.69, 9.17) is 9.47 Å². The fourth-order valence-corrected chi connectivity index (χ4v) is 3.07. The molecular weight excluding hydrogens is 444 g/mol. The number of carbonyl (C=O) groups is 2. The zero-order valence-corrected chi connectivity index (χ0v) is 19.3. The van der Waals surface area contributed by atoms with Crippen LogP contribution in [-0.2, 0) is 22.4 Å². The molecule has 11 nitrogen and oxygen atoms in total. The molecule has 2 aromatic carbocycles. The molecule has 0 aliphatic rings. The van der Waals surface area contributed by atoms with Crippen molar-refractivity contribution in [1.82, 2.24) is 5.32 Å². The first-order valence-corrected chi connectivity index (χ1v) is 10.2. The van der Waals surface area contributed by atoms with Crippen LogP contribution in [0.4, 0.5) is 11.4 Å². The average Bonchev–Trinajstić information content (AvgIpc) is 2.78. The van der Waals surface area contributed by atoms with Crippen molar-refractivity contribution in [1.29, 1.82) is 0 Å². The van der Waals surface area contributed by atoms with Crippen molar-refractivity contribution in [2.45, 2.75) is 26.7 Å². The van der Waals surface area contributed by atoms with E-state index < -0.39 is 10.7 Å². The summed E-state index contributed by atoms with van der Waals surface area (Å²) in [6.07, 6.45) is 0.517. The molecule has 0 fully saturated rings. The standard InChI is InChI=1S/C23H26N4O7/c1-14(28)23(26-25-19-7-6-18(27(31)32)13-22(19)34-4)20(30)12-17-11-16(5-8-21(17)33-3)9-10-24-15(2)29/h5-8,11,13,30H,9-10,12H2,1-4H3,(H,24,29)/b23-20+,26-25?. The summed E-state index contributed by atoms with van der Waals surface area (Å²) in [5.74, 6) is -0.381. The number of amides is 1. The fraction of sp³-hybridized carbons (Fsp3) is 0.304. The molecule has 0 heterocycles. The molecule has 34 heavy (non-hydrogen) atoms. The van der Waals surface area contributed by atoms with E-state index in [1.807, 2.05) is 12.1 Å². The number of aliphatic hydroxyl groups is 1. The van der Waals surface area contributed by atoms with E-state index in [1.54, 1.807) is 6.07 Å². The largest absolute Gasteiger partial charge is 0.509 e. The molecule has 0 atom stereocenters. The molecule has 2 aromatic rings. The van der Waals surface area contributed by atoms with Crippen molar-refractivity contribution in [2.24, 2.45) is 10.2 Å². The van der Waals surface area contributed by atoms with Crippen LogP contribution in [0.15, 0.2) is 58.1 Å². The van der Waals surface area contributed by atoms with Gasteiger partial charge in [-0.3, -0.25) is 19.7 Å². The van der Waals surface area contributed by atoms with Crippen molar-refractivity contribution < 1.29 is 29.1 Å². The lowest BCUT2D eigenvalue weighted by Gasteiger charge is -2.12. The molecule has 0 spiro atoms. The van der Waals surface area contributed by atoms with Gasteiger partial charge >= 0.3 is 0 Å². The van der Waals surface area contributed by atoms with Gasteiger partial charge in [-0.25, -0.2) is 0 Å². The summed E-state index contributed by atoms with van der Waals surface area (Å²) in [7, 11) is 2.81. The second-order valence-corrected chi connectivity index (χ2v) is 7.22. The highest BCUT2D eigenvalue weighted by Crippen LogP contribution is 2.32. The van der Waals surface area contributed by atoms with Gasteiger partial charge in [-0.15, -0.1) is 10.2 Å². The Balaban J connectivity index is 2.35. The van der Waals surface area contributed by atoms with Gasteiger partial charge in [-0.2, -0.15) is 0 Å². The molecule has 180 valence electrons. The van der Waals surface area contributed by atoms with Gasteiger partial charge in [0.2, 0.25) is 5.91 Å². The highest BCUT2D eigenvalue weighted by molar-refractivity contribution is 5.93. The van der Waals surface area contributed by atoms with Crippen LogP contribution in [0.2, 0.25) is 0 Å². The van der Waals surface area contributed by atoms with Crippen molar-refractivity contribution in [2.75, 3.05) is 20.8 Å². The zero-order valence-electron chi connectivity index (χ0n) is 19.3. The number of aliphatic hydroxyl groups excluding tert-OH is 1. The third-order valence-electron chi connectivity index (χ3n) is 4.73. The summed E-state index contributed by atoms with van der Waals surface area (Å²) in [6, 6.07) is 9.13. The number of hydrogen-bond acceptors (Lipinski definition) is 9. The lowest BCUT2D eigenvalue weighted by atomic mass is 10.0. The normalized spacial score (nSPS) is 11.6. The maximum absolute atomic E-state index is 12.2. The van der Waals surface area contributed by atoms with Crippen LogP contribution in [0.5, 0.6) is 11.5 Å². The molecule has 0 aliphatic carbocycles. The molecule has 0 bridgehead atoms. The molecule has 0 saturated heterocycles. The Morgan fingerprint density at radius 2 is 1.79 bits per heavy atom.